The van der Waals surface area contributed by atoms with Crippen LogP contribution in [0.4, 0.5) is 0 Å². The first-order valence-electron chi connectivity index (χ1n) is 8.24. The second-order valence-electron chi connectivity index (χ2n) is 6.17. The summed E-state index contributed by atoms with van der Waals surface area (Å²) in [4.78, 5) is 0. The van der Waals surface area contributed by atoms with Crippen molar-refractivity contribution in [2.45, 2.75) is 13.8 Å². The van der Waals surface area contributed by atoms with Crippen LogP contribution < -0.4 is 21.1 Å². The van der Waals surface area contributed by atoms with E-state index in [-0.39, 0.29) is 0 Å². The van der Waals surface area contributed by atoms with E-state index in [4.69, 9.17) is 0 Å². The topological polar surface area (TPSA) is 24.4 Å². The summed E-state index contributed by atoms with van der Waals surface area (Å²) in [5.74, 6) is 0. The van der Waals surface area contributed by atoms with Gasteiger partial charge in [0.05, 0.1) is 0 Å². The molecule has 0 aliphatic carbocycles. The van der Waals surface area contributed by atoms with Crippen LogP contribution >= 0.6 is 20.9 Å². The van der Waals surface area contributed by atoms with E-state index >= 15 is 0 Å². The van der Waals surface area contributed by atoms with Crippen molar-refractivity contribution in [3.63, 3.8) is 0 Å². The van der Waals surface area contributed by atoms with Crippen LogP contribution in [0.15, 0.2) is 96.1 Å². The molecule has 3 rings (SSSR count). The summed E-state index contributed by atoms with van der Waals surface area (Å²) in [6, 6.07) is 31.6. The molecule has 3 aromatic carbocycles. The normalized spacial score (nSPS) is 12.7. The Hall–Kier alpha value is -1.96. The Morgan fingerprint density at radius 1 is 0.680 bits per heavy atom. The molecule has 3 aromatic rings. The van der Waals surface area contributed by atoms with Gasteiger partial charge in [-0.2, -0.15) is 0 Å². The van der Waals surface area contributed by atoms with Crippen LogP contribution in [0.5, 0.6) is 0 Å². The van der Waals surface area contributed by atoms with E-state index < -0.39 is 5.46 Å². The van der Waals surface area contributed by atoms with Crippen molar-refractivity contribution in [1.29, 1.82) is 0 Å². The third-order valence-electron chi connectivity index (χ3n) is 4.18. The molecule has 0 atom stereocenters. The summed E-state index contributed by atoms with van der Waals surface area (Å²) < 4.78 is 0. The summed E-state index contributed by atoms with van der Waals surface area (Å²) in [5, 5.41) is 11.8. The predicted molar refractivity (Wildman–Crippen MR) is 116 cm³/mol. The van der Waals surface area contributed by atoms with Crippen molar-refractivity contribution in [2.75, 3.05) is 0 Å². The fourth-order valence-corrected chi connectivity index (χ4v) is 9.13. The summed E-state index contributed by atoms with van der Waals surface area (Å²) in [6.07, 6.45) is 0. The Labute approximate surface area is 157 Å². The average molecular weight is 413 g/mol. The summed E-state index contributed by atoms with van der Waals surface area (Å²) >= 11 is 4.26. The molecule has 0 unspecified atom stereocenters. The standard InChI is InChI=1S/C21H22BrN2P/c1-18(2)23-24-25(22,19-12-6-3-7-13-19,20-14-8-4-9-15-20)21-16-10-5-11-17-21/h3-17,24H,1-2H3. The van der Waals surface area contributed by atoms with Crippen LogP contribution in [0, 0.1) is 0 Å². The molecule has 0 aromatic heterocycles. The number of benzene rings is 3. The maximum atomic E-state index is 4.68. The molecule has 0 bridgehead atoms. The molecule has 128 valence electrons. The summed E-state index contributed by atoms with van der Waals surface area (Å²) in [5.41, 5.74) is -2.14. The number of halogens is 1. The van der Waals surface area contributed by atoms with Crippen LogP contribution in [0.2, 0.25) is 0 Å². The van der Waals surface area contributed by atoms with Crippen LogP contribution in [0.3, 0.4) is 0 Å². The van der Waals surface area contributed by atoms with Crippen molar-refractivity contribution in [3.8, 4) is 0 Å². The Morgan fingerprint density at radius 3 is 1.28 bits per heavy atom. The minimum absolute atomic E-state index is 0.983. The average Bonchev–Trinajstić information content (AvgIpc) is 2.68. The third-order valence-corrected chi connectivity index (χ3v) is 12.6. The zero-order valence-electron chi connectivity index (χ0n) is 14.4. The Kier molecular flexibility index (Phi) is 5.08. The van der Waals surface area contributed by atoms with Gasteiger partial charge in [-0.1, -0.05) is 0 Å². The molecule has 0 aliphatic heterocycles. The van der Waals surface area contributed by atoms with Gasteiger partial charge in [-0.25, -0.2) is 0 Å². The van der Waals surface area contributed by atoms with Crippen LogP contribution in [-0.4, -0.2) is 5.71 Å². The maximum absolute atomic E-state index is 4.68. The third kappa shape index (κ3) is 3.15. The van der Waals surface area contributed by atoms with E-state index in [1.807, 2.05) is 32.0 Å². The molecule has 25 heavy (non-hydrogen) atoms. The molecule has 0 fully saturated rings. The van der Waals surface area contributed by atoms with E-state index in [0.717, 1.165) is 5.71 Å². The second-order valence-corrected chi connectivity index (χ2v) is 14.2. The van der Waals surface area contributed by atoms with Gasteiger partial charge in [-0.3, -0.25) is 0 Å². The fourth-order valence-electron chi connectivity index (χ4n) is 2.94. The molecule has 0 radical (unpaired) electrons. The number of hydrogen-bond donors (Lipinski definition) is 1. The number of hydrazone groups is 1. The van der Waals surface area contributed by atoms with E-state index in [1.54, 1.807) is 0 Å². The molecule has 0 heterocycles. The van der Waals surface area contributed by atoms with Gasteiger partial charge in [-0.15, -0.1) is 0 Å². The van der Waals surface area contributed by atoms with Crippen LogP contribution in [0.25, 0.3) is 0 Å². The van der Waals surface area contributed by atoms with Crippen molar-refractivity contribution in [2.24, 2.45) is 5.10 Å². The van der Waals surface area contributed by atoms with E-state index in [9.17, 15) is 0 Å². The second kappa shape index (κ2) is 7.11. The number of nitrogens with zero attached hydrogens (tertiary/aromatic N) is 1. The van der Waals surface area contributed by atoms with Gasteiger partial charge >= 0.3 is 158 Å². The van der Waals surface area contributed by atoms with Crippen molar-refractivity contribution in [3.05, 3.63) is 91.0 Å². The molecule has 2 nitrogen and oxygen atoms in total. The van der Waals surface area contributed by atoms with Gasteiger partial charge in [0, 0.05) is 0 Å². The van der Waals surface area contributed by atoms with Crippen LogP contribution in [-0.2, 0) is 0 Å². The van der Waals surface area contributed by atoms with Crippen LogP contribution in [0.1, 0.15) is 13.8 Å². The monoisotopic (exact) mass is 412 g/mol. The molecule has 0 aliphatic rings. The molecule has 0 spiro atoms. The fraction of sp³-hybridized carbons (Fsp3) is 0.0952. The molecule has 0 saturated heterocycles. The number of rotatable bonds is 5. The SMILES string of the molecule is CC(C)=NNP(Br)(c1ccccc1)(c1ccccc1)c1ccccc1. The van der Waals surface area contributed by atoms with Crippen molar-refractivity contribution in [1.82, 2.24) is 5.20 Å². The zero-order chi connectivity index (χ0) is 17.8. The quantitative estimate of drug-likeness (QED) is 0.365. The predicted octanol–water partition coefficient (Wildman–Crippen LogP) is 4.73. The van der Waals surface area contributed by atoms with Gasteiger partial charge in [0.2, 0.25) is 0 Å². The first-order valence-corrected chi connectivity index (χ1v) is 12.5. The molecule has 4 heteroatoms. The molecular weight excluding hydrogens is 391 g/mol. The van der Waals surface area contributed by atoms with Gasteiger partial charge in [0.1, 0.15) is 0 Å². The minimum atomic E-state index is -3.12. The molecule has 0 saturated carbocycles. The van der Waals surface area contributed by atoms with E-state index in [1.165, 1.54) is 15.9 Å². The Balaban J connectivity index is 2.42. The van der Waals surface area contributed by atoms with Gasteiger partial charge in [0.15, 0.2) is 0 Å². The number of hydrogen-bond acceptors (Lipinski definition) is 2. The first-order chi connectivity index (χ1) is 12.1. The Bertz CT molecular complexity index is 761. The van der Waals surface area contributed by atoms with Crippen molar-refractivity contribution >= 4 is 42.6 Å². The number of nitrogens with one attached hydrogen (secondary N) is 1. The molecular formula is C21H22BrN2P. The van der Waals surface area contributed by atoms with Crippen molar-refractivity contribution < 1.29 is 0 Å². The Morgan fingerprint density at radius 2 is 1.00 bits per heavy atom. The first kappa shape index (κ1) is 17.8. The van der Waals surface area contributed by atoms with E-state index in [2.05, 4.69) is 98.6 Å². The van der Waals surface area contributed by atoms with Gasteiger partial charge in [0.25, 0.3) is 0 Å². The zero-order valence-corrected chi connectivity index (χ0v) is 16.9. The van der Waals surface area contributed by atoms with Gasteiger partial charge < -0.3 is 0 Å². The van der Waals surface area contributed by atoms with E-state index in [0.29, 0.717) is 0 Å². The molecule has 1 N–H and O–H groups in total. The summed E-state index contributed by atoms with van der Waals surface area (Å²) in [7, 11) is 0. The summed E-state index contributed by atoms with van der Waals surface area (Å²) in [6.45, 7) is 4.00. The molecule has 0 amide bonds. The van der Waals surface area contributed by atoms with Gasteiger partial charge in [-0.05, 0) is 0 Å².